The van der Waals surface area contributed by atoms with E-state index in [2.05, 4.69) is 33.0 Å². The van der Waals surface area contributed by atoms with Gasteiger partial charge >= 0.3 is 0 Å². The van der Waals surface area contributed by atoms with Gasteiger partial charge in [-0.15, -0.1) is 0 Å². The molecule has 0 saturated heterocycles. The van der Waals surface area contributed by atoms with Crippen molar-refractivity contribution >= 4 is 11.0 Å². The number of nitrogens with one attached hydrogen (secondary N) is 1. The van der Waals surface area contributed by atoms with E-state index in [1.54, 1.807) is 6.26 Å². The Morgan fingerprint density at radius 1 is 1.32 bits per heavy atom. The highest BCUT2D eigenvalue weighted by atomic mass is 16.5. The van der Waals surface area contributed by atoms with Gasteiger partial charge in [0.2, 0.25) is 0 Å². The van der Waals surface area contributed by atoms with E-state index in [9.17, 15) is 0 Å². The molecule has 98 valence electrons. The van der Waals surface area contributed by atoms with Gasteiger partial charge in [0.15, 0.2) is 0 Å². The first kappa shape index (κ1) is 11.9. The molecule has 5 heteroatoms. The largest absolute Gasteiger partial charge is 0.364 e. The summed E-state index contributed by atoms with van der Waals surface area (Å²) in [4.78, 5) is 4.67. The van der Waals surface area contributed by atoms with Gasteiger partial charge in [0.1, 0.15) is 12.1 Å². The molecule has 0 spiro atoms. The van der Waals surface area contributed by atoms with E-state index in [0.717, 1.165) is 22.6 Å². The van der Waals surface area contributed by atoms with Gasteiger partial charge in [-0.3, -0.25) is 0 Å². The number of aromatic nitrogens is 3. The van der Waals surface area contributed by atoms with E-state index in [-0.39, 0.29) is 6.04 Å². The van der Waals surface area contributed by atoms with Gasteiger partial charge in [-0.1, -0.05) is 17.3 Å². The summed E-state index contributed by atoms with van der Waals surface area (Å²) >= 11 is 0. The molecule has 3 aromatic rings. The second kappa shape index (κ2) is 4.85. The van der Waals surface area contributed by atoms with Crippen LogP contribution in [-0.4, -0.2) is 14.7 Å². The fraction of sp³-hybridized carbons (Fsp3) is 0.286. The fourth-order valence-electron chi connectivity index (χ4n) is 2.23. The summed E-state index contributed by atoms with van der Waals surface area (Å²) in [6.45, 7) is 2.77. The molecule has 0 radical (unpaired) electrons. The van der Waals surface area contributed by atoms with Gasteiger partial charge in [-0.25, -0.2) is 4.98 Å². The molecule has 3 rings (SSSR count). The van der Waals surface area contributed by atoms with Crippen molar-refractivity contribution in [1.82, 2.24) is 20.0 Å². The van der Waals surface area contributed by atoms with Crippen molar-refractivity contribution in [3.8, 4) is 0 Å². The summed E-state index contributed by atoms with van der Waals surface area (Å²) in [6.07, 6.45) is 1.58. The molecule has 0 fully saturated rings. The standard InChI is InChI=1S/C14H16N4O/c1-10(15-9-11-7-8-19-17-11)14-16-12-5-3-4-6-13(12)18(14)2/h3-8,10,15H,9H2,1-2H3. The zero-order chi connectivity index (χ0) is 13.2. The summed E-state index contributed by atoms with van der Waals surface area (Å²) in [6, 6.07) is 10.1. The molecular formula is C14H16N4O. The molecule has 0 aliphatic rings. The average Bonchev–Trinajstić information content (AvgIpc) is 3.05. The minimum Gasteiger partial charge on any atom is -0.364 e. The van der Waals surface area contributed by atoms with Gasteiger partial charge in [0.25, 0.3) is 0 Å². The van der Waals surface area contributed by atoms with Crippen LogP contribution in [0.4, 0.5) is 0 Å². The first-order chi connectivity index (χ1) is 9.25. The molecule has 5 nitrogen and oxygen atoms in total. The Morgan fingerprint density at radius 2 is 2.16 bits per heavy atom. The highest BCUT2D eigenvalue weighted by molar-refractivity contribution is 5.75. The predicted octanol–water partition coefficient (Wildman–Crippen LogP) is 2.41. The lowest BCUT2D eigenvalue weighted by Gasteiger charge is -2.12. The zero-order valence-corrected chi connectivity index (χ0v) is 11.0. The smallest absolute Gasteiger partial charge is 0.126 e. The molecule has 1 atom stereocenters. The van der Waals surface area contributed by atoms with Crippen LogP contribution in [0.2, 0.25) is 0 Å². The third-order valence-electron chi connectivity index (χ3n) is 3.29. The quantitative estimate of drug-likeness (QED) is 0.778. The van der Waals surface area contributed by atoms with Crippen molar-refractivity contribution in [2.45, 2.75) is 19.5 Å². The summed E-state index contributed by atoms with van der Waals surface area (Å²) in [7, 11) is 2.04. The van der Waals surface area contributed by atoms with E-state index < -0.39 is 0 Å². The lowest BCUT2D eigenvalue weighted by atomic mass is 10.3. The molecule has 1 unspecified atom stereocenters. The van der Waals surface area contributed by atoms with Gasteiger partial charge < -0.3 is 14.4 Å². The van der Waals surface area contributed by atoms with Crippen molar-refractivity contribution < 1.29 is 4.52 Å². The van der Waals surface area contributed by atoms with Crippen LogP contribution in [0.5, 0.6) is 0 Å². The number of hydrogen-bond acceptors (Lipinski definition) is 4. The number of hydrogen-bond donors (Lipinski definition) is 1. The van der Waals surface area contributed by atoms with Crippen molar-refractivity contribution in [3.05, 3.63) is 48.1 Å². The van der Waals surface area contributed by atoms with E-state index in [4.69, 9.17) is 4.52 Å². The van der Waals surface area contributed by atoms with Crippen molar-refractivity contribution in [1.29, 1.82) is 0 Å². The van der Waals surface area contributed by atoms with Crippen LogP contribution in [-0.2, 0) is 13.6 Å². The Bertz CT molecular complexity index is 672. The molecular weight excluding hydrogens is 240 g/mol. The van der Waals surface area contributed by atoms with E-state index in [1.807, 2.05) is 31.3 Å². The zero-order valence-electron chi connectivity index (χ0n) is 11.0. The van der Waals surface area contributed by atoms with Crippen LogP contribution in [0, 0.1) is 0 Å². The molecule has 0 saturated carbocycles. The SMILES string of the molecule is CC(NCc1ccon1)c1nc2ccccc2n1C. The van der Waals surface area contributed by atoms with Crippen molar-refractivity contribution in [2.75, 3.05) is 0 Å². The van der Waals surface area contributed by atoms with Gasteiger partial charge in [0.05, 0.1) is 22.8 Å². The first-order valence-corrected chi connectivity index (χ1v) is 6.29. The van der Waals surface area contributed by atoms with Crippen LogP contribution in [0.3, 0.4) is 0 Å². The highest BCUT2D eigenvalue weighted by Crippen LogP contribution is 2.19. The molecule has 0 bridgehead atoms. The second-order valence-electron chi connectivity index (χ2n) is 4.61. The summed E-state index contributed by atoms with van der Waals surface area (Å²) in [5.74, 6) is 1.02. The maximum atomic E-state index is 4.81. The molecule has 2 heterocycles. The number of nitrogens with zero attached hydrogens (tertiary/aromatic N) is 3. The lowest BCUT2D eigenvalue weighted by Crippen LogP contribution is -2.21. The average molecular weight is 256 g/mol. The predicted molar refractivity (Wildman–Crippen MR) is 72.5 cm³/mol. The maximum Gasteiger partial charge on any atom is 0.126 e. The summed E-state index contributed by atoms with van der Waals surface area (Å²) < 4.78 is 6.93. The maximum absolute atomic E-state index is 4.81. The molecule has 0 aliphatic carbocycles. The topological polar surface area (TPSA) is 55.9 Å². The Balaban J connectivity index is 1.81. The second-order valence-corrected chi connectivity index (χ2v) is 4.61. The number of aryl methyl sites for hydroxylation is 1. The third-order valence-corrected chi connectivity index (χ3v) is 3.29. The number of rotatable bonds is 4. The number of imidazole rings is 1. The molecule has 1 aromatic carbocycles. The Labute approximate surface area is 111 Å². The lowest BCUT2D eigenvalue weighted by molar-refractivity contribution is 0.404. The van der Waals surface area contributed by atoms with Gasteiger partial charge in [-0.05, 0) is 19.1 Å². The van der Waals surface area contributed by atoms with Crippen LogP contribution < -0.4 is 5.32 Å². The molecule has 2 aromatic heterocycles. The number of para-hydroxylation sites is 2. The first-order valence-electron chi connectivity index (χ1n) is 6.29. The van der Waals surface area contributed by atoms with E-state index >= 15 is 0 Å². The van der Waals surface area contributed by atoms with Crippen molar-refractivity contribution in [3.63, 3.8) is 0 Å². The molecule has 1 N–H and O–H groups in total. The fourth-order valence-corrected chi connectivity index (χ4v) is 2.23. The third kappa shape index (κ3) is 2.24. The van der Waals surface area contributed by atoms with Crippen LogP contribution >= 0.6 is 0 Å². The van der Waals surface area contributed by atoms with Crippen molar-refractivity contribution in [2.24, 2.45) is 7.05 Å². The van der Waals surface area contributed by atoms with Gasteiger partial charge in [-0.2, -0.15) is 0 Å². The molecule has 0 aliphatic heterocycles. The minimum absolute atomic E-state index is 0.147. The molecule has 0 amide bonds. The summed E-state index contributed by atoms with van der Waals surface area (Å²) in [5, 5.41) is 7.28. The Kier molecular flexibility index (Phi) is 3.05. The monoisotopic (exact) mass is 256 g/mol. The number of fused-ring (bicyclic) bond motifs is 1. The normalized spacial score (nSPS) is 12.9. The highest BCUT2D eigenvalue weighted by Gasteiger charge is 2.14. The van der Waals surface area contributed by atoms with Gasteiger partial charge in [0, 0.05) is 19.7 Å². The van der Waals surface area contributed by atoms with Crippen LogP contribution in [0.1, 0.15) is 24.5 Å². The Hall–Kier alpha value is -2.14. The van der Waals surface area contributed by atoms with Crippen LogP contribution in [0.15, 0.2) is 41.1 Å². The molecule has 19 heavy (non-hydrogen) atoms. The Morgan fingerprint density at radius 3 is 2.89 bits per heavy atom. The summed E-state index contributed by atoms with van der Waals surface area (Å²) in [5.41, 5.74) is 3.06. The minimum atomic E-state index is 0.147. The van der Waals surface area contributed by atoms with E-state index in [1.165, 1.54) is 0 Å². The number of benzene rings is 1. The van der Waals surface area contributed by atoms with E-state index in [0.29, 0.717) is 6.54 Å². The van der Waals surface area contributed by atoms with Crippen LogP contribution in [0.25, 0.3) is 11.0 Å².